The van der Waals surface area contributed by atoms with Crippen LogP contribution in [0.2, 0.25) is 5.15 Å². The fourth-order valence-electron chi connectivity index (χ4n) is 2.05. The van der Waals surface area contributed by atoms with Crippen LogP contribution in [0.15, 0.2) is 0 Å². The van der Waals surface area contributed by atoms with Gasteiger partial charge in [0.1, 0.15) is 16.6 Å². The lowest BCUT2D eigenvalue weighted by molar-refractivity contribution is 0.736. The van der Waals surface area contributed by atoms with Crippen molar-refractivity contribution in [3.8, 4) is 6.07 Å². The molecule has 0 amide bonds. The second-order valence-corrected chi connectivity index (χ2v) is 6.31. The van der Waals surface area contributed by atoms with E-state index in [2.05, 4.69) is 21.6 Å². The Morgan fingerprint density at radius 2 is 2.41 bits per heavy atom. The van der Waals surface area contributed by atoms with Crippen molar-refractivity contribution in [3.63, 3.8) is 0 Å². The number of hydrogen-bond acceptors (Lipinski definition) is 5. The molecule has 1 atom stereocenters. The van der Waals surface area contributed by atoms with Gasteiger partial charge >= 0.3 is 0 Å². The second kappa shape index (κ2) is 5.94. The number of aromatic nitrogens is 1. The molecule has 92 valence electrons. The summed E-state index contributed by atoms with van der Waals surface area (Å²) < 4.78 is 4.08. The summed E-state index contributed by atoms with van der Waals surface area (Å²) in [5.41, 5.74) is 0.540. The minimum absolute atomic E-state index is 0.345. The first-order chi connectivity index (χ1) is 8.26. The third-order valence-corrected chi connectivity index (χ3v) is 5.33. The Hall–Kier alpha value is -0.440. The minimum atomic E-state index is 0.345. The van der Waals surface area contributed by atoms with Crippen LogP contribution in [0.5, 0.6) is 0 Å². The first-order valence-corrected chi connectivity index (χ1v) is 8.03. The van der Waals surface area contributed by atoms with Crippen LogP contribution in [-0.2, 0) is 0 Å². The highest BCUT2D eigenvalue weighted by atomic mass is 35.5. The van der Waals surface area contributed by atoms with Crippen LogP contribution in [0.4, 0.5) is 5.00 Å². The number of thioether (sulfide) groups is 1. The van der Waals surface area contributed by atoms with Gasteiger partial charge in [-0.25, -0.2) is 0 Å². The quantitative estimate of drug-likeness (QED) is 0.836. The largest absolute Gasteiger partial charge is 0.360 e. The van der Waals surface area contributed by atoms with Crippen LogP contribution >= 0.6 is 34.9 Å². The van der Waals surface area contributed by atoms with E-state index in [1.165, 1.54) is 30.8 Å². The van der Waals surface area contributed by atoms with Gasteiger partial charge in [0.2, 0.25) is 0 Å². The molecule has 0 spiro atoms. The lowest BCUT2D eigenvalue weighted by atomic mass is 10.2. The van der Waals surface area contributed by atoms with Crippen molar-refractivity contribution >= 4 is 39.9 Å². The lowest BCUT2D eigenvalue weighted by Gasteiger charge is -2.23. The van der Waals surface area contributed by atoms with E-state index < -0.39 is 0 Å². The van der Waals surface area contributed by atoms with Crippen molar-refractivity contribution in [2.45, 2.75) is 24.5 Å². The molecule has 1 aromatic rings. The van der Waals surface area contributed by atoms with Gasteiger partial charge < -0.3 is 4.90 Å². The van der Waals surface area contributed by atoms with Crippen LogP contribution in [-0.4, -0.2) is 29.0 Å². The monoisotopic (exact) mass is 287 g/mol. The number of nitriles is 1. The highest BCUT2D eigenvalue weighted by Crippen LogP contribution is 2.33. The summed E-state index contributed by atoms with van der Waals surface area (Å²) in [6.45, 7) is 2.00. The molecule has 0 bridgehead atoms. The predicted molar refractivity (Wildman–Crippen MR) is 75.2 cm³/mol. The Labute approximate surface area is 115 Å². The van der Waals surface area contributed by atoms with Gasteiger partial charge in [-0.3, -0.25) is 0 Å². The van der Waals surface area contributed by atoms with E-state index in [0.717, 1.165) is 18.1 Å². The van der Waals surface area contributed by atoms with Crippen molar-refractivity contribution in [3.05, 3.63) is 10.7 Å². The summed E-state index contributed by atoms with van der Waals surface area (Å²) >= 11 is 9.17. The van der Waals surface area contributed by atoms with E-state index >= 15 is 0 Å². The summed E-state index contributed by atoms with van der Waals surface area (Å²) in [6, 6.07) is 2.16. The average molecular weight is 288 g/mol. The molecule has 1 aliphatic heterocycles. The van der Waals surface area contributed by atoms with Gasteiger partial charge in [0.05, 0.1) is 0 Å². The first kappa shape index (κ1) is 13.0. The molecule has 1 saturated heterocycles. The molecule has 2 rings (SSSR count). The van der Waals surface area contributed by atoms with Gasteiger partial charge in [-0.1, -0.05) is 18.0 Å². The Morgan fingerprint density at radius 3 is 3.12 bits per heavy atom. The molecule has 0 saturated carbocycles. The maximum Gasteiger partial charge on any atom is 0.162 e. The molecule has 0 aliphatic carbocycles. The van der Waals surface area contributed by atoms with Gasteiger partial charge in [0.15, 0.2) is 5.15 Å². The van der Waals surface area contributed by atoms with Gasteiger partial charge in [0, 0.05) is 18.3 Å². The third kappa shape index (κ3) is 2.87. The maximum atomic E-state index is 9.11. The summed E-state index contributed by atoms with van der Waals surface area (Å²) in [6.07, 6.45) is 5.85. The Bertz CT molecular complexity index is 427. The molecule has 1 aromatic heterocycles. The number of nitrogens with zero attached hydrogens (tertiary/aromatic N) is 3. The fourth-order valence-corrected chi connectivity index (χ4v) is 3.85. The normalized spacial score (nSPS) is 21.0. The zero-order chi connectivity index (χ0) is 12.3. The van der Waals surface area contributed by atoms with Crippen molar-refractivity contribution in [1.82, 2.24) is 4.37 Å². The molecule has 6 heteroatoms. The van der Waals surface area contributed by atoms with Gasteiger partial charge in [-0.15, -0.1) is 0 Å². The molecule has 0 N–H and O–H groups in total. The highest BCUT2D eigenvalue weighted by molar-refractivity contribution is 7.99. The summed E-state index contributed by atoms with van der Waals surface area (Å²) in [7, 11) is 0. The maximum absolute atomic E-state index is 9.11. The Kier molecular flexibility index (Phi) is 4.55. The molecule has 1 aliphatic rings. The highest BCUT2D eigenvalue weighted by Gasteiger charge is 2.23. The van der Waals surface area contributed by atoms with E-state index in [4.69, 9.17) is 16.9 Å². The molecule has 2 heterocycles. The molecule has 0 aromatic carbocycles. The predicted octanol–water partition coefficient (Wildman–Crippen LogP) is 3.39. The van der Waals surface area contributed by atoms with E-state index in [0.29, 0.717) is 16.0 Å². The van der Waals surface area contributed by atoms with E-state index in [1.807, 2.05) is 11.8 Å². The lowest BCUT2D eigenvalue weighted by Crippen LogP contribution is -2.29. The van der Waals surface area contributed by atoms with Crippen molar-refractivity contribution in [1.29, 1.82) is 5.26 Å². The molecule has 3 nitrogen and oxygen atoms in total. The van der Waals surface area contributed by atoms with Gasteiger partial charge in [-0.05, 0) is 30.6 Å². The molecule has 1 unspecified atom stereocenters. The first-order valence-electron chi connectivity index (χ1n) is 5.59. The number of rotatable bonds is 2. The number of anilines is 1. The van der Waals surface area contributed by atoms with E-state index in [-0.39, 0.29) is 0 Å². The average Bonchev–Trinajstić information content (AvgIpc) is 2.58. The van der Waals surface area contributed by atoms with E-state index in [1.54, 1.807) is 0 Å². The summed E-state index contributed by atoms with van der Waals surface area (Å²) in [5.74, 6) is 0. The molecule has 1 fully saturated rings. The van der Waals surface area contributed by atoms with Crippen molar-refractivity contribution in [2.75, 3.05) is 24.2 Å². The van der Waals surface area contributed by atoms with Crippen LogP contribution in [0.25, 0.3) is 0 Å². The van der Waals surface area contributed by atoms with Crippen LogP contribution < -0.4 is 4.90 Å². The molecule has 17 heavy (non-hydrogen) atoms. The standard InChI is InChI=1S/C11H14ClN3S2/c1-16-8-4-2-3-5-15(7-8)11-9(6-13)10(12)14-17-11/h8H,2-5,7H2,1H3. The topological polar surface area (TPSA) is 39.9 Å². The van der Waals surface area contributed by atoms with Gasteiger partial charge in [-0.2, -0.15) is 21.4 Å². The molecular formula is C11H14ClN3S2. The summed E-state index contributed by atoms with van der Waals surface area (Å²) in [5, 5.41) is 11.0. The Balaban J connectivity index is 2.22. The number of hydrogen-bond donors (Lipinski definition) is 0. The van der Waals surface area contributed by atoms with Crippen LogP contribution in [0.3, 0.4) is 0 Å². The number of halogens is 1. The minimum Gasteiger partial charge on any atom is -0.360 e. The molecular weight excluding hydrogens is 274 g/mol. The second-order valence-electron chi connectivity index (χ2n) is 4.06. The van der Waals surface area contributed by atoms with E-state index in [9.17, 15) is 0 Å². The zero-order valence-corrected chi connectivity index (χ0v) is 12.0. The third-order valence-electron chi connectivity index (χ3n) is 2.99. The Morgan fingerprint density at radius 1 is 1.59 bits per heavy atom. The van der Waals surface area contributed by atoms with Crippen molar-refractivity contribution < 1.29 is 0 Å². The van der Waals surface area contributed by atoms with Gasteiger partial charge in [0.25, 0.3) is 0 Å². The zero-order valence-electron chi connectivity index (χ0n) is 9.65. The van der Waals surface area contributed by atoms with Crippen LogP contribution in [0.1, 0.15) is 24.8 Å². The molecule has 0 radical (unpaired) electrons. The summed E-state index contributed by atoms with van der Waals surface area (Å²) in [4.78, 5) is 2.27. The smallest absolute Gasteiger partial charge is 0.162 e. The van der Waals surface area contributed by atoms with Crippen LogP contribution in [0, 0.1) is 11.3 Å². The van der Waals surface area contributed by atoms with Crippen molar-refractivity contribution in [2.24, 2.45) is 0 Å². The SMILES string of the molecule is CSC1CCCCN(c2snc(Cl)c2C#N)C1. The fraction of sp³-hybridized carbons (Fsp3) is 0.636.